The molecule has 2 heterocycles. The van der Waals surface area contributed by atoms with Gasteiger partial charge in [-0.1, -0.05) is 5.92 Å². The van der Waals surface area contributed by atoms with Crippen LogP contribution in [-0.2, 0) is 0 Å². The average Bonchev–Trinajstić information content (AvgIpc) is 2.99. The lowest BCUT2D eigenvalue weighted by molar-refractivity contribution is -0.139. The summed E-state index contributed by atoms with van der Waals surface area (Å²) in [7, 11) is 0. The number of pyridine rings is 1. The van der Waals surface area contributed by atoms with Gasteiger partial charge >= 0.3 is 6.18 Å². The van der Waals surface area contributed by atoms with Crippen LogP contribution in [0, 0.1) is 12.3 Å². The first-order valence-electron chi connectivity index (χ1n) is 6.29. The van der Waals surface area contributed by atoms with E-state index < -0.39 is 25.2 Å². The molecule has 0 unspecified atom stereocenters. The summed E-state index contributed by atoms with van der Waals surface area (Å²) in [4.78, 5) is 16.7. The number of carbonyl (C=O) groups is 1. The number of nitrogens with zero attached hydrogens (tertiary/aromatic N) is 3. The SMILES string of the molecule is C#CCN(CC(F)(F)F)C(=O)c1ccc(-n2cccc2)nc1. The van der Waals surface area contributed by atoms with E-state index in [1.165, 1.54) is 12.3 Å². The van der Waals surface area contributed by atoms with E-state index in [-0.39, 0.29) is 5.56 Å². The molecule has 0 radical (unpaired) electrons. The molecule has 0 aromatic carbocycles. The van der Waals surface area contributed by atoms with E-state index in [1.54, 1.807) is 35.2 Å². The number of hydrogen-bond acceptors (Lipinski definition) is 2. The van der Waals surface area contributed by atoms with E-state index in [0.29, 0.717) is 10.7 Å². The largest absolute Gasteiger partial charge is 0.406 e. The molecule has 0 saturated carbocycles. The van der Waals surface area contributed by atoms with Crippen molar-refractivity contribution in [3.05, 3.63) is 48.4 Å². The van der Waals surface area contributed by atoms with Crippen molar-refractivity contribution in [1.29, 1.82) is 0 Å². The van der Waals surface area contributed by atoms with Gasteiger partial charge < -0.3 is 9.47 Å². The molecule has 4 nitrogen and oxygen atoms in total. The maximum absolute atomic E-state index is 12.5. The predicted molar refractivity (Wildman–Crippen MR) is 74.4 cm³/mol. The lowest BCUT2D eigenvalue weighted by Gasteiger charge is -2.21. The van der Waals surface area contributed by atoms with Crippen LogP contribution in [-0.4, -0.2) is 39.6 Å². The van der Waals surface area contributed by atoms with Crippen LogP contribution in [0.15, 0.2) is 42.9 Å². The second-order valence-electron chi connectivity index (χ2n) is 4.48. The standard InChI is InChI=1S/C15H12F3N3O/c1-2-7-21(11-15(16,17)18)14(22)12-5-6-13(19-10-12)20-8-3-4-9-20/h1,3-6,8-10H,7,11H2. The smallest absolute Gasteiger partial charge is 0.318 e. The van der Waals surface area contributed by atoms with Gasteiger partial charge in [0.1, 0.15) is 12.4 Å². The Kier molecular flexibility index (Phi) is 4.51. The number of halogens is 3. The fourth-order valence-electron chi connectivity index (χ4n) is 1.86. The Balaban J connectivity index is 2.18. The average molecular weight is 307 g/mol. The molecule has 0 aliphatic heterocycles. The van der Waals surface area contributed by atoms with Crippen molar-refractivity contribution < 1.29 is 18.0 Å². The van der Waals surface area contributed by atoms with Crippen LogP contribution in [0.3, 0.4) is 0 Å². The van der Waals surface area contributed by atoms with E-state index in [0.717, 1.165) is 0 Å². The van der Waals surface area contributed by atoms with Gasteiger partial charge in [-0.3, -0.25) is 4.79 Å². The Morgan fingerprint density at radius 2 is 2.00 bits per heavy atom. The zero-order valence-corrected chi connectivity index (χ0v) is 11.4. The third kappa shape index (κ3) is 3.88. The molecule has 2 rings (SSSR count). The molecule has 0 bridgehead atoms. The fraction of sp³-hybridized carbons (Fsp3) is 0.200. The predicted octanol–water partition coefficient (Wildman–Crippen LogP) is 2.51. The second kappa shape index (κ2) is 6.35. The molecule has 1 amide bonds. The third-order valence-corrected chi connectivity index (χ3v) is 2.80. The van der Waals surface area contributed by atoms with Crippen molar-refractivity contribution in [2.45, 2.75) is 6.18 Å². The van der Waals surface area contributed by atoms with Gasteiger partial charge in [0.2, 0.25) is 0 Å². The molecule has 0 aliphatic carbocycles. The van der Waals surface area contributed by atoms with Gasteiger partial charge in [-0.25, -0.2) is 4.98 Å². The second-order valence-corrected chi connectivity index (χ2v) is 4.48. The number of rotatable bonds is 4. The van der Waals surface area contributed by atoms with E-state index >= 15 is 0 Å². The van der Waals surface area contributed by atoms with Gasteiger partial charge in [0, 0.05) is 18.6 Å². The summed E-state index contributed by atoms with van der Waals surface area (Å²) in [6, 6.07) is 6.58. The molecule has 2 aromatic rings. The highest BCUT2D eigenvalue weighted by Crippen LogP contribution is 2.18. The summed E-state index contributed by atoms with van der Waals surface area (Å²) in [6.07, 6.45) is 5.27. The number of hydrogen-bond donors (Lipinski definition) is 0. The Morgan fingerprint density at radius 1 is 1.32 bits per heavy atom. The van der Waals surface area contributed by atoms with E-state index in [9.17, 15) is 18.0 Å². The number of carbonyl (C=O) groups excluding carboxylic acids is 1. The van der Waals surface area contributed by atoms with Gasteiger partial charge in [-0.15, -0.1) is 6.42 Å². The highest BCUT2D eigenvalue weighted by atomic mass is 19.4. The highest BCUT2D eigenvalue weighted by Gasteiger charge is 2.33. The van der Waals surface area contributed by atoms with Crippen molar-refractivity contribution >= 4 is 5.91 Å². The van der Waals surface area contributed by atoms with Crippen molar-refractivity contribution in [3.8, 4) is 18.2 Å². The lowest BCUT2D eigenvalue weighted by atomic mass is 10.2. The zero-order chi connectivity index (χ0) is 16.2. The van der Waals surface area contributed by atoms with E-state index in [2.05, 4.69) is 10.9 Å². The van der Waals surface area contributed by atoms with E-state index in [1.807, 2.05) is 0 Å². The first kappa shape index (κ1) is 15.6. The third-order valence-electron chi connectivity index (χ3n) is 2.80. The molecule has 0 atom stereocenters. The van der Waals surface area contributed by atoms with Gasteiger partial charge in [0.05, 0.1) is 12.1 Å². The van der Waals surface area contributed by atoms with Crippen LogP contribution < -0.4 is 0 Å². The number of alkyl halides is 3. The Morgan fingerprint density at radius 3 is 2.50 bits per heavy atom. The molecule has 2 aromatic heterocycles. The van der Waals surface area contributed by atoms with Crippen molar-refractivity contribution in [2.75, 3.05) is 13.1 Å². The minimum absolute atomic E-state index is 0.0513. The van der Waals surface area contributed by atoms with Crippen LogP contribution >= 0.6 is 0 Å². The summed E-state index contributed by atoms with van der Waals surface area (Å²) in [5.41, 5.74) is 0.0513. The Labute approximate surface area is 125 Å². The zero-order valence-electron chi connectivity index (χ0n) is 11.4. The van der Waals surface area contributed by atoms with Crippen LogP contribution in [0.5, 0.6) is 0 Å². The molecule has 0 saturated heterocycles. The lowest BCUT2D eigenvalue weighted by Crippen LogP contribution is -2.39. The molecule has 114 valence electrons. The Bertz CT molecular complexity index is 670. The minimum Gasteiger partial charge on any atom is -0.318 e. The number of aromatic nitrogens is 2. The molecule has 0 aliphatic rings. The molecule has 0 fully saturated rings. The first-order valence-corrected chi connectivity index (χ1v) is 6.29. The normalized spacial score (nSPS) is 11.0. The maximum Gasteiger partial charge on any atom is 0.406 e. The van der Waals surface area contributed by atoms with Crippen LogP contribution in [0.25, 0.3) is 5.82 Å². The molecule has 22 heavy (non-hydrogen) atoms. The molecule has 7 heteroatoms. The number of terminal acetylenes is 1. The van der Waals surface area contributed by atoms with Gasteiger partial charge in [-0.05, 0) is 24.3 Å². The van der Waals surface area contributed by atoms with Gasteiger partial charge in [-0.2, -0.15) is 13.2 Å². The molecule has 0 spiro atoms. The van der Waals surface area contributed by atoms with Crippen molar-refractivity contribution in [1.82, 2.24) is 14.5 Å². The van der Waals surface area contributed by atoms with Crippen molar-refractivity contribution in [2.24, 2.45) is 0 Å². The number of amides is 1. The van der Waals surface area contributed by atoms with Crippen LogP contribution in [0.4, 0.5) is 13.2 Å². The molecule has 0 N–H and O–H groups in total. The maximum atomic E-state index is 12.5. The van der Waals surface area contributed by atoms with E-state index in [4.69, 9.17) is 6.42 Å². The Hall–Kier alpha value is -2.75. The first-order chi connectivity index (χ1) is 10.4. The topological polar surface area (TPSA) is 38.1 Å². The summed E-state index contributed by atoms with van der Waals surface area (Å²) >= 11 is 0. The summed E-state index contributed by atoms with van der Waals surface area (Å²) in [6.45, 7) is -1.81. The summed E-state index contributed by atoms with van der Waals surface area (Å²) in [5.74, 6) is 1.81. The van der Waals surface area contributed by atoms with Gasteiger partial charge in [0.15, 0.2) is 0 Å². The quantitative estimate of drug-likeness (QED) is 0.814. The monoisotopic (exact) mass is 307 g/mol. The minimum atomic E-state index is -4.51. The van der Waals surface area contributed by atoms with Crippen LogP contribution in [0.1, 0.15) is 10.4 Å². The fourth-order valence-corrected chi connectivity index (χ4v) is 1.86. The summed E-state index contributed by atoms with van der Waals surface area (Å²) < 4.78 is 39.1. The molecular weight excluding hydrogens is 295 g/mol. The van der Waals surface area contributed by atoms with Crippen LogP contribution in [0.2, 0.25) is 0 Å². The summed E-state index contributed by atoms with van der Waals surface area (Å²) in [5, 5.41) is 0. The molecular formula is C15H12F3N3O. The highest BCUT2D eigenvalue weighted by molar-refractivity contribution is 5.94. The van der Waals surface area contributed by atoms with Gasteiger partial charge in [0.25, 0.3) is 5.91 Å². The van der Waals surface area contributed by atoms with Crippen molar-refractivity contribution in [3.63, 3.8) is 0 Å².